The Kier molecular flexibility index (Phi) is 5.79. The highest BCUT2D eigenvalue weighted by atomic mass is 16.6. The van der Waals surface area contributed by atoms with E-state index in [1.54, 1.807) is 43.3 Å². The van der Waals surface area contributed by atoms with Crippen molar-refractivity contribution in [3.8, 4) is 5.75 Å². The molecule has 1 aromatic heterocycles. The summed E-state index contributed by atoms with van der Waals surface area (Å²) in [5.41, 5.74) is 0.522. The first-order chi connectivity index (χ1) is 17.4. The molecule has 0 atom stereocenters. The number of non-ortho nitro benzene ring substituents is 1. The molecule has 0 saturated heterocycles. The van der Waals surface area contributed by atoms with Gasteiger partial charge in [0.25, 0.3) is 11.2 Å². The number of hydrogen-bond donors (Lipinski definition) is 0. The largest absolute Gasteiger partial charge is 0.422 e. The van der Waals surface area contributed by atoms with Crippen LogP contribution in [0.15, 0.2) is 94.8 Å². The highest BCUT2D eigenvalue weighted by Gasteiger charge is 2.16. The van der Waals surface area contributed by atoms with Crippen LogP contribution in [0.2, 0.25) is 0 Å². The number of esters is 1. The highest BCUT2D eigenvalue weighted by molar-refractivity contribution is 6.04. The predicted molar refractivity (Wildman–Crippen MR) is 136 cm³/mol. The summed E-state index contributed by atoms with van der Waals surface area (Å²) in [6.07, 6.45) is 1.45. The van der Waals surface area contributed by atoms with Crippen LogP contribution >= 0.6 is 0 Å². The molecule has 1 heterocycles. The maximum atomic E-state index is 13.0. The monoisotopic (exact) mass is 478 g/mol. The summed E-state index contributed by atoms with van der Waals surface area (Å²) in [6.45, 7) is 1.68. The van der Waals surface area contributed by atoms with Crippen molar-refractivity contribution in [2.24, 2.45) is 5.10 Å². The summed E-state index contributed by atoms with van der Waals surface area (Å²) in [5.74, 6) is -0.178. The zero-order valence-corrected chi connectivity index (χ0v) is 19.0. The van der Waals surface area contributed by atoms with Crippen molar-refractivity contribution in [3.05, 3.63) is 122 Å². The zero-order chi connectivity index (χ0) is 25.2. The summed E-state index contributed by atoms with van der Waals surface area (Å²) in [4.78, 5) is 40.9. The van der Waals surface area contributed by atoms with Crippen molar-refractivity contribution in [2.45, 2.75) is 6.92 Å². The van der Waals surface area contributed by atoms with Gasteiger partial charge < -0.3 is 4.74 Å². The maximum absolute atomic E-state index is 13.0. The van der Waals surface area contributed by atoms with Crippen molar-refractivity contribution in [1.82, 2.24) is 9.66 Å². The number of aryl methyl sites for hydroxylation is 1. The Labute approximate surface area is 204 Å². The molecule has 5 aromatic rings. The molecule has 9 nitrogen and oxygen atoms in total. The van der Waals surface area contributed by atoms with Crippen LogP contribution in [-0.4, -0.2) is 26.8 Å². The molecule has 0 unspecified atom stereocenters. The van der Waals surface area contributed by atoms with E-state index in [0.717, 1.165) is 16.8 Å². The van der Waals surface area contributed by atoms with Crippen LogP contribution in [0, 0.1) is 17.0 Å². The standard InChI is InChI=1S/C27H18N4O5/c1-17-29-24-12-5-4-11-22(24)26(32)30(17)28-16-23-21-10-3-2-7-18(21)13-14-25(23)36-27(33)19-8-6-9-20(15-19)31(34)35/h2-16H,1H3/b28-16+. The van der Waals surface area contributed by atoms with Crippen LogP contribution in [0.3, 0.4) is 0 Å². The van der Waals surface area contributed by atoms with Gasteiger partial charge in [0.05, 0.1) is 27.6 Å². The molecule has 0 fully saturated rings. The number of aromatic nitrogens is 2. The molecule has 0 N–H and O–H groups in total. The van der Waals surface area contributed by atoms with Crippen LogP contribution in [-0.2, 0) is 0 Å². The topological polar surface area (TPSA) is 117 Å². The number of hydrogen-bond acceptors (Lipinski definition) is 7. The summed E-state index contributed by atoms with van der Waals surface area (Å²) in [5, 5.41) is 17.5. The molecular weight excluding hydrogens is 460 g/mol. The zero-order valence-electron chi connectivity index (χ0n) is 19.0. The number of benzene rings is 4. The van der Waals surface area contributed by atoms with Gasteiger partial charge in [-0.05, 0) is 42.0 Å². The lowest BCUT2D eigenvalue weighted by Gasteiger charge is -2.11. The van der Waals surface area contributed by atoms with E-state index in [0.29, 0.717) is 22.3 Å². The van der Waals surface area contributed by atoms with E-state index >= 15 is 0 Å². The van der Waals surface area contributed by atoms with E-state index in [1.165, 1.54) is 29.1 Å². The number of nitro benzene ring substituents is 1. The SMILES string of the molecule is Cc1nc2ccccc2c(=O)n1/N=C/c1c(OC(=O)c2cccc([N+](=O)[O-])c2)ccc2ccccc12. The van der Waals surface area contributed by atoms with E-state index in [1.807, 2.05) is 24.3 Å². The molecule has 0 radical (unpaired) electrons. The van der Waals surface area contributed by atoms with Gasteiger partial charge in [-0.25, -0.2) is 9.78 Å². The number of ether oxygens (including phenoxy) is 1. The minimum Gasteiger partial charge on any atom is -0.422 e. The average Bonchev–Trinajstić information content (AvgIpc) is 2.89. The normalized spacial score (nSPS) is 11.2. The maximum Gasteiger partial charge on any atom is 0.343 e. The lowest BCUT2D eigenvalue weighted by Crippen LogP contribution is -2.20. The quantitative estimate of drug-likeness (QED) is 0.117. The third-order valence-corrected chi connectivity index (χ3v) is 5.64. The van der Waals surface area contributed by atoms with Gasteiger partial charge in [0.1, 0.15) is 11.6 Å². The van der Waals surface area contributed by atoms with E-state index in [9.17, 15) is 19.7 Å². The molecule has 0 aliphatic rings. The Bertz CT molecular complexity index is 1760. The molecule has 0 spiro atoms. The molecule has 9 heteroatoms. The highest BCUT2D eigenvalue weighted by Crippen LogP contribution is 2.28. The first-order valence-corrected chi connectivity index (χ1v) is 10.9. The molecule has 0 aliphatic heterocycles. The molecule has 0 amide bonds. The smallest absolute Gasteiger partial charge is 0.343 e. The molecule has 4 aromatic carbocycles. The molecule has 0 bridgehead atoms. The van der Waals surface area contributed by atoms with Gasteiger partial charge in [0.2, 0.25) is 0 Å². The van der Waals surface area contributed by atoms with Gasteiger partial charge in [-0.2, -0.15) is 9.78 Å². The Morgan fingerprint density at radius 2 is 1.75 bits per heavy atom. The van der Waals surface area contributed by atoms with E-state index in [-0.39, 0.29) is 22.6 Å². The lowest BCUT2D eigenvalue weighted by atomic mass is 10.0. The Hall–Kier alpha value is -5.18. The van der Waals surface area contributed by atoms with Crippen molar-refractivity contribution >= 4 is 39.5 Å². The second-order valence-electron chi connectivity index (χ2n) is 7.93. The fraction of sp³-hybridized carbons (Fsp3) is 0.0370. The first-order valence-electron chi connectivity index (χ1n) is 10.9. The Morgan fingerprint density at radius 1 is 1.00 bits per heavy atom. The van der Waals surface area contributed by atoms with Crippen molar-refractivity contribution in [2.75, 3.05) is 0 Å². The number of nitro groups is 1. The van der Waals surface area contributed by atoms with Crippen LogP contribution in [0.1, 0.15) is 21.7 Å². The predicted octanol–water partition coefficient (Wildman–Crippen LogP) is 4.87. The van der Waals surface area contributed by atoms with Crippen molar-refractivity contribution in [1.29, 1.82) is 0 Å². The van der Waals surface area contributed by atoms with Crippen LogP contribution in [0.25, 0.3) is 21.7 Å². The molecule has 36 heavy (non-hydrogen) atoms. The number of carbonyl (C=O) groups excluding carboxylic acids is 1. The number of fused-ring (bicyclic) bond motifs is 2. The fourth-order valence-corrected chi connectivity index (χ4v) is 3.89. The molecular formula is C27H18N4O5. The van der Waals surface area contributed by atoms with Crippen LogP contribution in [0.4, 0.5) is 5.69 Å². The molecule has 5 rings (SSSR count). The number of carbonyl (C=O) groups is 1. The number of para-hydroxylation sites is 1. The summed E-state index contributed by atoms with van der Waals surface area (Å²) in [7, 11) is 0. The second-order valence-corrected chi connectivity index (χ2v) is 7.93. The van der Waals surface area contributed by atoms with Crippen LogP contribution < -0.4 is 10.3 Å². The number of rotatable bonds is 5. The van der Waals surface area contributed by atoms with Crippen molar-refractivity contribution in [3.63, 3.8) is 0 Å². The summed E-state index contributed by atoms with van der Waals surface area (Å²) < 4.78 is 6.83. The Morgan fingerprint density at radius 3 is 2.56 bits per heavy atom. The van der Waals surface area contributed by atoms with Crippen LogP contribution in [0.5, 0.6) is 5.75 Å². The lowest BCUT2D eigenvalue weighted by molar-refractivity contribution is -0.384. The molecule has 0 saturated carbocycles. The third-order valence-electron chi connectivity index (χ3n) is 5.64. The average molecular weight is 478 g/mol. The van der Waals surface area contributed by atoms with Gasteiger partial charge in [0.15, 0.2) is 0 Å². The number of nitrogens with zero attached hydrogens (tertiary/aromatic N) is 4. The Balaban J connectivity index is 1.59. The van der Waals surface area contributed by atoms with E-state index < -0.39 is 10.9 Å². The van der Waals surface area contributed by atoms with E-state index in [2.05, 4.69) is 10.1 Å². The minimum absolute atomic E-state index is 0.0334. The minimum atomic E-state index is -0.760. The molecule has 176 valence electrons. The first kappa shape index (κ1) is 22.6. The van der Waals surface area contributed by atoms with Gasteiger partial charge in [-0.3, -0.25) is 14.9 Å². The van der Waals surface area contributed by atoms with Gasteiger partial charge >= 0.3 is 5.97 Å². The molecule has 0 aliphatic carbocycles. The van der Waals surface area contributed by atoms with Gasteiger partial charge in [-0.1, -0.05) is 48.5 Å². The fourth-order valence-electron chi connectivity index (χ4n) is 3.89. The second kappa shape index (κ2) is 9.22. The van der Waals surface area contributed by atoms with Crippen molar-refractivity contribution < 1.29 is 14.5 Å². The van der Waals surface area contributed by atoms with Gasteiger partial charge in [0, 0.05) is 17.7 Å². The summed E-state index contributed by atoms with van der Waals surface area (Å²) >= 11 is 0. The van der Waals surface area contributed by atoms with E-state index in [4.69, 9.17) is 4.74 Å². The summed E-state index contributed by atoms with van der Waals surface area (Å²) in [6, 6.07) is 23.2. The third kappa shape index (κ3) is 4.21. The van der Waals surface area contributed by atoms with Gasteiger partial charge in [-0.15, -0.1) is 0 Å².